The fourth-order valence-electron chi connectivity index (χ4n) is 18.6. The van der Waals surface area contributed by atoms with Gasteiger partial charge in [-0.1, -0.05) is 60.1 Å². The zero-order valence-electron chi connectivity index (χ0n) is 53.5. The van der Waals surface area contributed by atoms with Crippen molar-refractivity contribution in [1.82, 2.24) is 0 Å². The van der Waals surface area contributed by atoms with E-state index in [1.807, 2.05) is 0 Å². The minimum absolute atomic E-state index is 0.0832. The van der Waals surface area contributed by atoms with E-state index >= 15 is 4.79 Å². The Balaban J connectivity index is 0.779. The lowest BCUT2D eigenvalue weighted by Gasteiger charge is -2.71. The molecule has 0 unspecified atom stereocenters. The Morgan fingerprint density at radius 3 is 1.67 bits per heavy atom. The zero-order chi connectivity index (χ0) is 66.9. The van der Waals surface area contributed by atoms with E-state index in [0.717, 1.165) is 25.7 Å². The molecule has 0 aromatic heterocycles. The maximum absolute atomic E-state index is 15.5. The summed E-state index contributed by atoms with van der Waals surface area (Å²) in [5.41, 5.74) is -1.45. The van der Waals surface area contributed by atoms with Gasteiger partial charge in [0.2, 0.25) is 6.29 Å². The number of rotatable bonds is 14. The largest absolute Gasteiger partial charge is 0.432 e. The summed E-state index contributed by atoms with van der Waals surface area (Å²) in [5.74, 6) is -0.582. The van der Waals surface area contributed by atoms with E-state index < -0.39 is 222 Å². The van der Waals surface area contributed by atoms with E-state index in [9.17, 15) is 81.7 Å². The monoisotopic (exact) mass is 1320 g/mol. The molecule has 0 aromatic rings. The molecule has 35 atom stereocenters. The molecule has 5 aliphatic carbocycles. The van der Waals surface area contributed by atoms with E-state index in [2.05, 4.69) is 54.5 Å². The molecule has 0 amide bonds. The number of hydrogen-bond donors (Lipinski definition) is 16. The van der Waals surface area contributed by atoms with Gasteiger partial charge in [0.15, 0.2) is 37.6 Å². The molecule has 0 aromatic carbocycles. The predicted octanol–water partition coefficient (Wildman–Crippen LogP) is -3.44. The Kier molecular flexibility index (Phi) is 20.7. The molecule has 29 heteroatoms. The van der Waals surface area contributed by atoms with Crippen molar-refractivity contribution in [2.45, 2.75) is 292 Å². The van der Waals surface area contributed by atoms with Gasteiger partial charge in [-0.3, -0.25) is 4.79 Å². The van der Waals surface area contributed by atoms with Crippen LogP contribution in [0, 0.1) is 50.2 Å². The summed E-state index contributed by atoms with van der Waals surface area (Å²) in [6.45, 7) is 14.6. The molecule has 11 aliphatic rings. The second-order valence-electron chi connectivity index (χ2n) is 30.5. The summed E-state index contributed by atoms with van der Waals surface area (Å²) in [5, 5.41) is 173. The normalized spacial score (nSPS) is 54.3. The summed E-state index contributed by atoms with van der Waals surface area (Å²) < 4.78 is 71.7. The summed E-state index contributed by atoms with van der Waals surface area (Å²) in [7, 11) is 0. The van der Waals surface area contributed by atoms with Crippen LogP contribution in [-0.2, 0) is 61.6 Å². The minimum atomic E-state index is -1.93. The van der Waals surface area contributed by atoms with Gasteiger partial charge < -0.3 is 139 Å². The van der Waals surface area contributed by atoms with Crippen LogP contribution in [-0.4, -0.2) is 293 Å². The number of aliphatic hydroxyl groups excluding tert-OH is 16. The van der Waals surface area contributed by atoms with Crippen molar-refractivity contribution in [1.29, 1.82) is 0 Å². The molecule has 29 nitrogen and oxygen atoms in total. The van der Waals surface area contributed by atoms with Crippen molar-refractivity contribution >= 4 is 5.97 Å². The van der Waals surface area contributed by atoms with Crippen molar-refractivity contribution < 1.29 is 143 Å². The van der Waals surface area contributed by atoms with Crippen LogP contribution in [0.5, 0.6) is 0 Å². The summed E-state index contributed by atoms with van der Waals surface area (Å²) in [6, 6.07) is 0. The number of fused-ring (bicyclic) bond motifs is 7. The molecule has 0 bridgehead atoms. The highest BCUT2D eigenvalue weighted by Gasteiger charge is 2.71. The molecule has 0 radical (unpaired) electrons. The lowest BCUT2D eigenvalue weighted by molar-refractivity contribution is -0.378. The highest BCUT2D eigenvalue weighted by Crippen LogP contribution is 2.76. The van der Waals surface area contributed by atoms with E-state index in [1.165, 1.54) is 12.5 Å². The second kappa shape index (κ2) is 26.7. The highest BCUT2D eigenvalue weighted by molar-refractivity contribution is 5.79. The average Bonchev–Trinajstić information content (AvgIpc) is 0.676. The van der Waals surface area contributed by atoms with Crippen LogP contribution in [0.4, 0.5) is 0 Å². The Morgan fingerprint density at radius 2 is 1.01 bits per heavy atom. The Morgan fingerprint density at radius 1 is 0.489 bits per heavy atom. The van der Waals surface area contributed by atoms with Gasteiger partial charge in [0.05, 0.1) is 50.7 Å². The van der Waals surface area contributed by atoms with Crippen LogP contribution in [0.2, 0.25) is 0 Å². The quantitative estimate of drug-likeness (QED) is 0.0457. The van der Waals surface area contributed by atoms with Gasteiger partial charge in [-0.15, -0.1) is 0 Å². The maximum Gasteiger partial charge on any atom is 0.315 e. The average molecular weight is 1320 g/mol. The number of aliphatic hydroxyl groups is 16. The SMILES string of the molecule is C[C@H]1O[C@@H](O[C@H]2[C@@H](OC(=O)[C@]34CCC(C)(C)C[C@H]3C3=CC[C@@H]5[C@@]6(C)CC[C@H](O[C@@H]7O[C@H](CO)[C@@H](O)[C@H](O)[C@H]7O[C@@H]7O[C@H](CO)[C@@H](O)[C@H](O)[C@H]7O)C(C)(C)[C@@H]6CC[C@@]5(C)[C@]3(C)CC4)OC[C@H](O)[C@@H]2O)[C@H](O)[C@H](O)[C@H]1O[C@@H]1OC[C@@H](O)[C@H](O[C@H]2OC[C@H](O)[C@H](O)[C@H]2O)[C@H]1O. The second-order valence-corrected chi connectivity index (χ2v) is 30.5. The zero-order valence-corrected chi connectivity index (χ0v) is 53.5. The molecule has 16 N–H and O–H groups in total. The van der Waals surface area contributed by atoms with Gasteiger partial charge in [0, 0.05) is 0 Å². The van der Waals surface area contributed by atoms with Crippen molar-refractivity contribution in [3.63, 3.8) is 0 Å². The number of allylic oxidation sites excluding steroid dienone is 2. The fraction of sp³-hybridized carbons (Fsp3) is 0.952. The summed E-state index contributed by atoms with van der Waals surface area (Å²) in [6.07, 6.45) is -34.9. The van der Waals surface area contributed by atoms with Gasteiger partial charge in [-0.05, 0) is 116 Å². The van der Waals surface area contributed by atoms with Gasteiger partial charge in [0.25, 0.3) is 0 Å². The number of carbonyl (C=O) groups is 1. The van der Waals surface area contributed by atoms with Crippen LogP contribution in [0.1, 0.15) is 120 Å². The van der Waals surface area contributed by atoms with E-state index in [4.69, 9.17) is 56.8 Å². The van der Waals surface area contributed by atoms with Crippen LogP contribution >= 0.6 is 0 Å². The first-order valence-electron chi connectivity index (χ1n) is 32.9. The molecule has 11 rings (SSSR count). The van der Waals surface area contributed by atoms with Gasteiger partial charge in [0.1, 0.15) is 116 Å². The molecular weight excluding hydrogens is 1220 g/mol. The third-order valence-electron chi connectivity index (χ3n) is 24.4. The van der Waals surface area contributed by atoms with E-state index in [1.54, 1.807) is 0 Å². The van der Waals surface area contributed by atoms with E-state index in [0.29, 0.717) is 38.5 Å². The molecule has 6 saturated heterocycles. The van der Waals surface area contributed by atoms with Gasteiger partial charge in [-0.2, -0.15) is 0 Å². The highest BCUT2D eigenvalue weighted by atomic mass is 16.8. The molecule has 528 valence electrons. The molecule has 10 fully saturated rings. The number of esters is 1. The molecule has 6 aliphatic heterocycles. The van der Waals surface area contributed by atoms with Crippen LogP contribution < -0.4 is 0 Å². The van der Waals surface area contributed by atoms with Crippen molar-refractivity contribution in [3.05, 3.63) is 11.6 Å². The Hall–Kier alpha value is -1.87. The van der Waals surface area contributed by atoms with Gasteiger partial charge >= 0.3 is 5.97 Å². The Labute approximate surface area is 534 Å². The van der Waals surface area contributed by atoms with Crippen LogP contribution in [0.25, 0.3) is 0 Å². The van der Waals surface area contributed by atoms with Crippen molar-refractivity contribution in [3.8, 4) is 0 Å². The molecule has 0 spiro atoms. The number of ether oxygens (including phenoxy) is 12. The topological polar surface area (TPSA) is 452 Å². The van der Waals surface area contributed by atoms with Crippen LogP contribution in [0.3, 0.4) is 0 Å². The van der Waals surface area contributed by atoms with Crippen molar-refractivity contribution in [2.24, 2.45) is 50.2 Å². The fourth-order valence-corrected chi connectivity index (χ4v) is 18.6. The standard InChI is InChI=1S/C63H102O29/c1-25-47(88-52-46(79)48(30(68)24-82-52)89-51-43(76)36(69)28(66)22-81-51)42(75)45(78)53(84-25)90-49-37(70)29(67)23-83-55(49)92-57(80)63-17-15-58(2,3)19-27(63)26-9-10-34-60(6)13-12-35(59(4,5)33(60)11-14-62(34,8)61(26,7)16-18-63)87-56-50(41(74)39(72)32(21-65)86-56)91-54-44(77)40(73)38(71)31(20-64)85-54/h9,25,27-56,64-79H,10-24H2,1-8H3/t25-,27+,28+,29+,30-,31-,32-,33+,34-,35+,36+,37+,38-,39-,40+,41+,42+,43-,44-,45-,46-,47+,48+,49-,50-,51-,52+,53+,54+,55-,56+,60+,61-,62-,63+/m1/s1. The third kappa shape index (κ3) is 12.2. The molecule has 4 saturated carbocycles. The van der Waals surface area contributed by atoms with Crippen molar-refractivity contribution in [2.75, 3.05) is 33.0 Å². The third-order valence-corrected chi connectivity index (χ3v) is 24.4. The molecular formula is C63H102O29. The maximum atomic E-state index is 15.5. The molecule has 6 heterocycles. The first-order chi connectivity index (χ1) is 43.2. The smallest absolute Gasteiger partial charge is 0.315 e. The number of hydrogen-bond acceptors (Lipinski definition) is 29. The predicted molar refractivity (Wildman–Crippen MR) is 309 cm³/mol. The minimum Gasteiger partial charge on any atom is -0.432 e. The summed E-state index contributed by atoms with van der Waals surface area (Å²) >= 11 is 0. The number of carbonyl (C=O) groups excluding carboxylic acids is 1. The van der Waals surface area contributed by atoms with E-state index in [-0.39, 0.29) is 39.4 Å². The lowest BCUT2D eigenvalue weighted by atomic mass is 9.33. The first kappa shape index (κ1) is 71.4. The lowest BCUT2D eigenvalue weighted by Crippen LogP contribution is -2.67. The Bertz CT molecular complexity index is 2580. The molecule has 92 heavy (non-hydrogen) atoms. The van der Waals surface area contributed by atoms with Gasteiger partial charge in [-0.25, -0.2) is 0 Å². The first-order valence-corrected chi connectivity index (χ1v) is 32.9. The summed E-state index contributed by atoms with van der Waals surface area (Å²) in [4.78, 5) is 15.5. The van der Waals surface area contributed by atoms with Crippen LogP contribution in [0.15, 0.2) is 11.6 Å².